The molecule has 4 N–H and O–H groups in total. The van der Waals surface area contributed by atoms with E-state index in [1.807, 2.05) is 32.0 Å². The zero-order valence-electron chi connectivity index (χ0n) is 14.9. The van der Waals surface area contributed by atoms with E-state index in [1.54, 1.807) is 13.2 Å². The summed E-state index contributed by atoms with van der Waals surface area (Å²) in [5, 5.41) is 0. The predicted molar refractivity (Wildman–Crippen MR) is 103 cm³/mol. The van der Waals surface area contributed by atoms with E-state index >= 15 is 0 Å². The monoisotopic (exact) mass is 374 g/mol. The van der Waals surface area contributed by atoms with E-state index in [4.69, 9.17) is 24.7 Å². The van der Waals surface area contributed by atoms with Crippen molar-refractivity contribution < 1.29 is 13.3 Å². The fourth-order valence-electron chi connectivity index (χ4n) is 2.24. The molecule has 138 valence electrons. The van der Waals surface area contributed by atoms with Crippen LogP contribution in [-0.4, -0.2) is 27.9 Å². The molecular formula is C17H31ClN2O3Si. The lowest BCUT2D eigenvalue weighted by molar-refractivity contribution is -0.0300. The molecule has 0 aliphatic rings. The number of rotatable bonds is 11. The van der Waals surface area contributed by atoms with Crippen LogP contribution in [-0.2, 0) is 19.7 Å². The fraction of sp³-hybridized carbons (Fsp3) is 0.529. The summed E-state index contributed by atoms with van der Waals surface area (Å²) < 4.78 is 17.8. The summed E-state index contributed by atoms with van der Waals surface area (Å²) >= 11 is 0. The first-order chi connectivity index (χ1) is 10.9. The van der Waals surface area contributed by atoms with Gasteiger partial charge in [-0.1, -0.05) is 56.7 Å². The number of benzene rings is 1. The molecule has 0 aliphatic carbocycles. The molecule has 0 radical (unpaired) electrons. The molecule has 0 aromatic heterocycles. The van der Waals surface area contributed by atoms with E-state index in [1.165, 1.54) is 0 Å². The molecule has 0 saturated heterocycles. The van der Waals surface area contributed by atoms with Gasteiger partial charge in [-0.15, -0.1) is 19.0 Å². The summed E-state index contributed by atoms with van der Waals surface area (Å²) in [6, 6.07) is 10.7. The lowest BCUT2D eigenvalue weighted by Gasteiger charge is -2.37. The Labute approximate surface area is 153 Å². The minimum absolute atomic E-state index is 0. The lowest BCUT2D eigenvalue weighted by atomic mass is 10.1. The summed E-state index contributed by atoms with van der Waals surface area (Å²) in [6.07, 6.45) is 3.57. The van der Waals surface area contributed by atoms with Gasteiger partial charge in [-0.05, 0) is 5.56 Å². The van der Waals surface area contributed by atoms with E-state index in [9.17, 15) is 0 Å². The maximum absolute atomic E-state index is 6.23. The van der Waals surface area contributed by atoms with Crippen molar-refractivity contribution in [3.05, 3.63) is 48.6 Å². The van der Waals surface area contributed by atoms with Gasteiger partial charge < -0.3 is 13.3 Å². The zero-order valence-corrected chi connectivity index (χ0v) is 16.7. The Morgan fingerprint density at radius 2 is 1.88 bits per heavy atom. The third-order valence-electron chi connectivity index (χ3n) is 3.64. The Kier molecular flexibility index (Phi) is 10.7. The molecule has 2 atom stereocenters. The SMILES string of the molecule is C=CC(Cc1ccccc1)O[Si](CCC)(OC)OC(N)(N)CC.Cl. The number of hydrogen-bond donors (Lipinski definition) is 2. The predicted octanol–water partition coefficient (Wildman–Crippen LogP) is 3.22. The van der Waals surface area contributed by atoms with Crippen LogP contribution in [0.1, 0.15) is 32.3 Å². The largest absolute Gasteiger partial charge is 0.503 e. The fourth-order valence-corrected chi connectivity index (χ4v) is 4.87. The highest BCUT2D eigenvalue weighted by atomic mass is 35.5. The van der Waals surface area contributed by atoms with Gasteiger partial charge in [0, 0.05) is 26.0 Å². The standard InChI is InChI=1S/C17H30N2O3Si.ClH/c1-5-13-23(20-4,22-17(18,19)7-3)21-16(6-2)14-15-11-9-8-10-12-15;/h6,8-12,16H,2,5,7,13-14,18-19H2,1,3-4H3;1H. The van der Waals surface area contributed by atoms with Crippen LogP contribution in [0.15, 0.2) is 43.0 Å². The van der Waals surface area contributed by atoms with Gasteiger partial charge in [-0.25, -0.2) is 0 Å². The van der Waals surface area contributed by atoms with Crippen molar-refractivity contribution in [3.63, 3.8) is 0 Å². The second-order valence-electron chi connectivity index (χ2n) is 5.63. The van der Waals surface area contributed by atoms with Gasteiger partial charge in [0.2, 0.25) is 0 Å². The summed E-state index contributed by atoms with van der Waals surface area (Å²) in [4.78, 5) is 0. The van der Waals surface area contributed by atoms with Gasteiger partial charge in [-0.3, -0.25) is 11.5 Å². The first-order valence-electron chi connectivity index (χ1n) is 8.07. The average molecular weight is 375 g/mol. The molecule has 0 spiro atoms. The highest BCUT2D eigenvalue weighted by molar-refractivity contribution is 6.60. The Morgan fingerprint density at radius 1 is 1.25 bits per heavy atom. The molecule has 24 heavy (non-hydrogen) atoms. The molecule has 5 nitrogen and oxygen atoms in total. The minimum Gasteiger partial charge on any atom is -0.377 e. The molecule has 0 heterocycles. The quantitative estimate of drug-likeness (QED) is 0.353. The maximum Gasteiger partial charge on any atom is 0.503 e. The molecule has 7 heteroatoms. The highest BCUT2D eigenvalue weighted by Crippen LogP contribution is 2.24. The van der Waals surface area contributed by atoms with Crippen molar-refractivity contribution in [1.82, 2.24) is 0 Å². The van der Waals surface area contributed by atoms with Gasteiger partial charge in [0.1, 0.15) is 0 Å². The van der Waals surface area contributed by atoms with E-state index in [-0.39, 0.29) is 18.5 Å². The number of nitrogens with two attached hydrogens (primary N) is 2. The summed E-state index contributed by atoms with van der Waals surface area (Å²) in [7, 11) is -1.39. The first-order valence-corrected chi connectivity index (χ1v) is 10.0. The molecule has 2 unspecified atom stereocenters. The van der Waals surface area contributed by atoms with Crippen LogP contribution in [0.2, 0.25) is 6.04 Å². The third kappa shape index (κ3) is 7.44. The van der Waals surface area contributed by atoms with Crippen LogP contribution in [0.5, 0.6) is 0 Å². The Balaban J connectivity index is 0.00000529. The third-order valence-corrected chi connectivity index (χ3v) is 6.73. The van der Waals surface area contributed by atoms with Gasteiger partial charge in [0.25, 0.3) is 0 Å². The molecular weight excluding hydrogens is 344 g/mol. The van der Waals surface area contributed by atoms with Gasteiger partial charge in [-0.2, -0.15) is 0 Å². The first kappa shape index (κ1) is 23.3. The van der Waals surface area contributed by atoms with Gasteiger partial charge >= 0.3 is 8.80 Å². The summed E-state index contributed by atoms with van der Waals surface area (Å²) in [5.41, 5.74) is 13.1. The van der Waals surface area contributed by atoms with Crippen molar-refractivity contribution in [1.29, 1.82) is 0 Å². The van der Waals surface area contributed by atoms with Crippen LogP contribution in [0.3, 0.4) is 0 Å². The number of hydrogen-bond acceptors (Lipinski definition) is 5. The summed E-state index contributed by atoms with van der Waals surface area (Å²) in [6.45, 7) is 7.80. The minimum atomic E-state index is -2.99. The smallest absolute Gasteiger partial charge is 0.377 e. The highest BCUT2D eigenvalue weighted by Gasteiger charge is 2.45. The molecule has 0 saturated carbocycles. The van der Waals surface area contributed by atoms with Crippen molar-refractivity contribution in [2.24, 2.45) is 11.5 Å². The van der Waals surface area contributed by atoms with Crippen LogP contribution in [0.4, 0.5) is 0 Å². The number of halogens is 1. The van der Waals surface area contributed by atoms with Crippen LogP contribution in [0.25, 0.3) is 0 Å². The topological polar surface area (TPSA) is 79.7 Å². The van der Waals surface area contributed by atoms with Crippen molar-refractivity contribution in [2.75, 3.05) is 7.11 Å². The van der Waals surface area contributed by atoms with E-state index in [2.05, 4.69) is 18.7 Å². The second kappa shape index (κ2) is 11.0. The molecule has 0 bridgehead atoms. The lowest BCUT2D eigenvalue weighted by Crippen LogP contribution is -2.62. The van der Waals surface area contributed by atoms with Crippen LogP contribution in [0, 0.1) is 0 Å². The molecule has 0 fully saturated rings. The average Bonchev–Trinajstić information content (AvgIpc) is 2.55. The van der Waals surface area contributed by atoms with E-state index in [0.717, 1.165) is 12.0 Å². The van der Waals surface area contributed by atoms with E-state index in [0.29, 0.717) is 18.9 Å². The zero-order chi connectivity index (χ0) is 17.3. The molecule has 0 aliphatic heterocycles. The Hall–Kier alpha value is -0.733. The summed E-state index contributed by atoms with van der Waals surface area (Å²) in [5.74, 6) is -1.25. The molecule has 0 amide bonds. The van der Waals surface area contributed by atoms with Crippen molar-refractivity contribution >= 4 is 21.2 Å². The Morgan fingerprint density at radius 3 is 2.33 bits per heavy atom. The van der Waals surface area contributed by atoms with Crippen LogP contribution < -0.4 is 11.5 Å². The maximum atomic E-state index is 6.23. The second-order valence-corrected chi connectivity index (χ2v) is 8.34. The molecule has 1 rings (SSSR count). The van der Waals surface area contributed by atoms with Crippen molar-refractivity contribution in [3.8, 4) is 0 Å². The Bertz CT molecular complexity index is 476. The van der Waals surface area contributed by atoms with Gasteiger partial charge in [0.15, 0.2) is 5.85 Å². The molecule has 1 aromatic carbocycles. The normalized spacial score (nSPS) is 15.2. The van der Waals surface area contributed by atoms with E-state index < -0.39 is 14.7 Å². The van der Waals surface area contributed by atoms with Crippen molar-refractivity contribution in [2.45, 2.75) is 51.1 Å². The van der Waals surface area contributed by atoms with Gasteiger partial charge in [0.05, 0.1) is 6.10 Å². The molecule has 1 aromatic rings. The van der Waals surface area contributed by atoms with Crippen LogP contribution >= 0.6 is 12.4 Å².